The summed E-state index contributed by atoms with van der Waals surface area (Å²) in [5.41, 5.74) is 0.105. The van der Waals surface area contributed by atoms with Gasteiger partial charge in [0.1, 0.15) is 5.56 Å². The van der Waals surface area contributed by atoms with Gasteiger partial charge in [0.05, 0.1) is 19.9 Å². The lowest BCUT2D eigenvalue weighted by Gasteiger charge is -2.11. The number of methoxy groups -OCH3 is 2. The molecule has 0 saturated carbocycles. The van der Waals surface area contributed by atoms with Gasteiger partial charge in [-0.15, -0.1) is 0 Å². The van der Waals surface area contributed by atoms with Crippen LogP contribution in [0.5, 0.6) is 11.5 Å². The quantitative estimate of drug-likeness (QED) is 0.876. The van der Waals surface area contributed by atoms with E-state index < -0.39 is 11.5 Å². The van der Waals surface area contributed by atoms with Crippen LogP contribution in [0, 0.1) is 0 Å². The van der Waals surface area contributed by atoms with E-state index in [-0.39, 0.29) is 5.56 Å². The molecule has 0 aliphatic rings. The molecule has 1 N–H and O–H groups in total. The highest BCUT2D eigenvalue weighted by molar-refractivity contribution is 5.88. The van der Waals surface area contributed by atoms with E-state index in [0.717, 1.165) is 0 Å². The second-order valence-electron chi connectivity index (χ2n) is 4.85. The number of aryl methyl sites for hydroxylation is 1. The summed E-state index contributed by atoms with van der Waals surface area (Å²) in [5, 5.41) is 13.5. The van der Waals surface area contributed by atoms with Gasteiger partial charge in [-0.25, -0.2) is 9.48 Å². The van der Waals surface area contributed by atoms with Crippen LogP contribution in [0.2, 0.25) is 0 Å². The van der Waals surface area contributed by atoms with Crippen molar-refractivity contribution in [1.82, 2.24) is 9.78 Å². The van der Waals surface area contributed by atoms with Crippen molar-refractivity contribution in [1.29, 1.82) is 0 Å². The molecule has 0 spiro atoms. The van der Waals surface area contributed by atoms with Crippen LogP contribution in [0.15, 0.2) is 29.1 Å². The number of benzene rings is 1. The Bertz CT molecular complexity index is 783. The molecule has 7 nitrogen and oxygen atoms in total. The average Bonchev–Trinajstić information content (AvgIpc) is 2.55. The molecular weight excluding hydrogens is 300 g/mol. The maximum absolute atomic E-state index is 12.1. The van der Waals surface area contributed by atoms with Crippen LogP contribution in [0.3, 0.4) is 0 Å². The van der Waals surface area contributed by atoms with E-state index in [9.17, 15) is 14.7 Å². The number of aromatic carboxylic acids is 1. The highest BCUT2D eigenvalue weighted by Gasteiger charge is 2.16. The number of ether oxygens (including phenoxy) is 2. The summed E-state index contributed by atoms with van der Waals surface area (Å²) in [6.07, 6.45) is 0.668. The van der Waals surface area contributed by atoms with Gasteiger partial charge < -0.3 is 14.6 Å². The normalized spacial score (nSPS) is 10.4. The van der Waals surface area contributed by atoms with E-state index in [1.807, 2.05) is 6.92 Å². The number of hydrogen-bond acceptors (Lipinski definition) is 5. The monoisotopic (exact) mass is 318 g/mol. The van der Waals surface area contributed by atoms with Gasteiger partial charge in [0, 0.05) is 12.1 Å². The zero-order valence-corrected chi connectivity index (χ0v) is 13.2. The predicted molar refractivity (Wildman–Crippen MR) is 84.3 cm³/mol. The fraction of sp³-hybridized carbons (Fsp3) is 0.312. The smallest absolute Gasteiger partial charge is 0.341 e. The number of aromatic nitrogens is 2. The molecule has 2 aromatic rings. The molecule has 0 saturated heterocycles. The van der Waals surface area contributed by atoms with Gasteiger partial charge in [0.15, 0.2) is 11.5 Å². The lowest BCUT2D eigenvalue weighted by Crippen LogP contribution is -2.28. The SMILES string of the molecule is CCCn1nc(-c2ccc(OC)c(OC)c2)cc(C(=O)O)c1=O. The zero-order chi connectivity index (χ0) is 17.0. The zero-order valence-electron chi connectivity index (χ0n) is 13.2. The largest absolute Gasteiger partial charge is 0.493 e. The second-order valence-corrected chi connectivity index (χ2v) is 4.85. The van der Waals surface area contributed by atoms with Crippen molar-refractivity contribution in [2.24, 2.45) is 0 Å². The van der Waals surface area contributed by atoms with E-state index in [1.165, 1.54) is 25.0 Å². The lowest BCUT2D eigenvalue weighted by atomic mass is 10.1. The molecule has 7 heteroatoms. The van der Waals surface area contributed by atoms with Gasteiger partial charge in [0.25, 0.3) is 5.56 Å². The number of carboxylic acid groups (broad SMARTS) is 1. The molecule has 0 radical (unpaired) electrons. The summed E-state index contributed by atoms with van der Waals surface area (Å²) in [6, 6.07) is 6.40. The van der Waals surface area contributed by atoms with Gasteiger partial charge >= 0.3 is 5.97 Å². The van der Waals surface area contributed by atoms with Crippen LogP contribution < -0.4 is 15.0 Å². The third-order valence-corrected chi connectivity index (χ3v) is 3.32. The standard InChI is InChI=1S/C16H18N2O5/c1-4-7-18-15(19)11(16(20)21)9-12(17-18)10-5-6-13(22-2)14(8-10)23-3/h5-6,8-9H,4,7H2,1-3H3,(H,20,21). The Balaban J connectivity index is 2.63. The molecule has 1 heterocycles. The van der Waals surface area contributed by atoms with Crippen LogP contribution >= 0.6 is 0 Å². The minimum absolute atomic E-state index is 0.307. The first-order valence-electron chi connectivity index (χ1n) is 7.09. The number of rotatable bonds is 6. The second kappa shape index (κ2) is 6.95. The van der Waals surface area contributed by atoms with Gasteiger partial charge in [-0.1, -0.05) is 6.92 Å². The fourth-order valence-corrected chi connectivity index (χ4v) is 2.20. The maximum atomic E-state index is 12.1. The third-order valence-electron chi connectivity index (χ3n) is 3.32. The van der Waals surface area contributed by atoms with Crippen LogP contribution in [0.4, 0.5) is 0 Å². The summed E-state index contributed by atoms with van der Waals surface area (Å²) in [5.74, 6) is -0.225. The van der Waals surface area contributed by atoms with E-state index in [0.29, 0.717) is 35.7 Å². The van der Waals surface area contributed by atoms with E-state index in [2.05, 4.69) is 5.10 Å². The van der Waals surface area contributed by atoms with Crippen molar-refractivity contribution in [2.75, 3.05) is 14.2 Å². The summed E-state index contributed by atoms with van der Waals surface area (Å²) >= 11 is 0. The molecule has 0 fully saturated rings. The number of nitrogens with zero attached hydrogens (tertiary/aromatic N) is 2. The fourth-order valence-electron chi connectivity index (χ4n) is 2.20. The van der Waals surface area contributed by atoms with Crippen molar-refractivity contribution >= 4 is 5.97 Å². The molecule has 2 rings (SSSR count). The summed E-state index contributed by atoms with van der Waals surface area (Å²) in [6.45, 7) is 2.23. The maximum Gasteiger partial charge on any atom is 0.341 e. The first-order valence-corrected chi connectivity index (χ1v) is 7.09. The molecule has 122 valence electrons. The van der Waals surface area contributed by atoms with E-state index in [4.69, 9.17) is 9.47 Å². The van der Waals surface area contributed by atoms with Crippen LogP contribution in [0.25, 0.3) is 11.3 Å². The lowest BCUT2D eigenvalue weighted by molar-refractivity contribution is 0.0693. The van der Waals surface area contributed by atoms with Crippen LogP contribution in [-0.2, 0) is 6.54 Å². The molecule has 1 aromatic carbocycles. The van der Waals surface area contributed by atoms with Crippen LogP contribution in [-0.4, -0.2) is 35.1 Å². The Kier molecular flexibility index (Phi) is 5.00. The number of carbonyl (C=O) groups is 1. The molecule has 0 aliphatic carbocycles. The molecular formula is C16H18N2O5. The van der Waals surface area contributed by atoms with Crippen molar-refractivity contribution in [3.63, 3.8) is 0 Å². The highest BCUT2D eigenvalue weighted by atomic mass is 16.5. The Morgan fingerprint density at radius 2 is 1.91 bits per heavy atom. The molecule has 0 unspecified atom stereocenters. The Labute approximate surface area is 133 Å². The predicted octanol–water partition coefficient (Wildman–Crippen LogP) is 2.04. The third kappa shape index (κ3) is 3.33. The minimum atomic E-state index is -1.27. The van der Waals surface area contributed by atoms with E-state index in [1.54, 1.807) is 18.2 Å². The summed E-state index contributed by atoms with van der Waals surface area (Å²) in [7, 11) is 3.04. The Morgan fingerprint density at radius 1 is 1.22 bits per heavy atom. The van der Waals surface area contributed by atoms with Crippen molar-refractivity contribution < 1.29 is 19.4 Å². The summed E-state index contributed by atoms with van der Waals surface area (Å²) < 4.78 is 11.6. The van der Waals surface area contributed by atoms with Gasteiger partial charge in [0.2, 0.25) is 0 Å². The average molecular weight is 318 g/mol. The highest BCUT2D eigenvalue weighted by Crippen LogP contribution is 2.31. The first kappa shape index (κ1) is 16.5. The van der Waals surface area contributed by atoms with E-state index >= 15 is 0 Å². The number of hydrogen-bond donors (Lipinski definition) is 1. The molecule has 0 bridgehead atoms. The molecule has 0 atom stereocenters. The first-order chi connectivity index (χ1) is 11.0. The van der Waals surface area contributed by atoms with Gasteiger partial charge in [-0.2, -0.15) is 5.10 Å². The Hall–Kier alpha value is -2.83. The molecule has 1 aromatic heterocycles. The van der Waals surface area contributed by atoms with Crippen molar-refractivity contribution in [2.45, 2.75) is 19.9 Å². The number of carboxylic acids is 1. The van der Waals surface area contributed by atoms with Crippen molar-refractivity contribution in [3.05, 3.63) is 40.2 Å². The van der Waals surface area contributed by atoms with Gasteiger partial charge in [-0.3, -0.25) is 4.79 Å². The minimum Gasteiger partial charge on any atom is -0.493 e. The van der Waals surface area contributed by atoms with Crippen LogP contribution in [0.1, 0.15) is 23.7 Å². The van der Waals surface area contributed by atoms with Gasteiger partial charge in [-0.05, 0) is 30.7 Å². The summed E-state index contributed by atoms with van der Waals surface area (Å²) in [4.78, 5) is 23.4. The van der Waals surface area contributed by atoms with Crippen molar-refractivity contribution in [3.8, 4) is 22.8 Å². The topological polar surface area (TPSA) is 90.7 Å². The molecule has 0 aliphatic heterocycles. The molecule has 23 heavy (non-hydrogen) atoms. The Morgan fingerprint density at radius 3 is 2.48 bits per heavy atom. The molecule has 0 amide bonds.